The van der Waals surface area contributed by atoms with Gasteiger partial charge in [-0.15, -0.1) is 5.10 Å². The Morgan fingerprint density at radius 1 is 1.02 bits per heavy atom. The third-order valence-corrected chi connectivity index (χ3v) is 7.44. The van der Waals surface area contributed by atoms with Crippen molar-refractivity contribution in [1.29, 1.82) is 0 Å². The lowest BCUT2D eigenvalue weighted by Crippen LogP contribution is -2.41. The van der Waals surface area contributed by atoms with E-state index >= 15 is 0 Å². The molecule has 1 aliphatic rings. The standard InChI is InChI=1S/C30H30BrN7O2/c1-20(22-15-17-25(31)18-16-22)32-30(40)38(27-10-6-5-9-26(27)23-7-3-2-4-8-23)19-21-11-13-24(14-12-21)28(39)33-29-34-36-37-35-29/h5-7,9-18,20H,2-4,8,19H2,1H3,(H,32,40)(H2,33,34,35,36,37,39)/t20-/m1/s1. The van der Waals surface area contributed by atoms with Crippen LogP contribution in [0.4, 0.5) is 16.4 Å². The van der Waals surface area contributed by atoms with E-state index in [2.05, 4.69) is 59.3 Å². The first-order chi connectivity index (χ1) is 19.5. The highest BCUT2D eigenvalue weighted by molar-refractivity contribution is 9.10. The van der Waals surface area contributed by atoms with Gasteiger partial charge in [0.2, 0.25) is 0 Å². The predicted molar refractivity (Wildman–Crippen MR) is 159 cm³/mol. The van der Waals surface area contributed by atoms with Crippen LogP contribution in [0.3, 0.4) is 0 Å². The summed E-state index contributed by atoms with van der Waals surface area (Å²) in [7, 11) is 0. The first-order valence-corrected chi connectivity index (χ1v) is 14.0. The number of amides is 3. The number of H-pyrrole nitrogens is 1. The number of rotatable bonds is 8. The second-order valence-electron chi connectivity index (χ2n) is 9.69. The van der Waals surface area contributed by atoms with Crippen molar-refractivity contribution >= 4 is 45.1 Å². The van der Waals surface area contributed by atoms with Crippen LogP contribution in [0.5, 0.6) is 0 Å². The average Bonchev–Trinajstić information content (AvgIpc) is 3.50. The number of nitrogens with zero attached hydrogens (tertiary/aromatic N) is 4. The Hall–Kier alpha value is -4.31. The van der Waals surface area contributed by atoms with E-state index in [0.717, 1.165) is 46.1 Å². The van der Waals surface area contributed by atoms with Crippen LogP contribution in [0.25, 0.3) is 5.57 Å². The van der Waals surface area contributed by atoms with E-state index in [1.165, 1.54) is 12.0 Å². The predicted octanol–water partition coefficient (Wildman–Crippen LogP) is 6.65. The molecule has 4 aromatic rings. The molecule has 0 radical (unpaired) electrons. The Morgan fingerprint density at radius 2 is 1.80 bits per heavy atom. The Morgan fingerprint density at radius 3 is 2.50 bits per heavy atom. The fraction of sp³-hybridized carbons (Fsp3) is 0.233. The van der Waals surface area contributed by atoms with Gasteiger partial charge >= 0.3 is 6.03 Å². The van der Waals surface area contributed by atoms with Crippen LogP contribution in [-0.2, 0) is 6.54 Å². The molecule has 1 heterocycles. The number of aromatic amines is 1. The highest BCUT2D eigenvalue weighted by atomic mass is 79.9. The molecule has 3 N–H and O–H groups in total. The first-order valence-electron chi connectivity index (χ1n) is 13.2. The fourth-order valence-corrected chi connectivity index (χ4v) is 5.02. The van der Waals surface area contributed by atoms with Gasteiger partial charge < -0.3 is 5.32 Å². The highest BCUT2D eigenvalue weighted by Crippen LogP contribution is 2.34. The van der Waals surface area contributed by atoms with Crippen LogP contribution < -0.4 is 15.5 Å². The fourth-order valence-electron chi connectivity index (χ4n) is 4.76. The molecule has 1 atom stereocenters. The third kappa shape index (κ3) is 6.63. The second-order valence-corrected chi connectivity index (χ2v) is 10.6. The maximum Gasteiger partial charge on any atom is 0.322 e. The molecular formula is C30H30BrN7O2. The van der Waals surface area contributed by atoms with Crippen molar-refractivity contribution in [2.24, 2.45) is 0 Å². The van der Waals surface area contributed by atoms with Crippen LogP contribution in [0, 0.1) is 0 Å². The number of nitrogens with one attached hydrogen (secondary N) is 3. The lowest BCUT2D eigenvalue weighted by atomic mass is 9.92. The smallest absolute Gasteiger partial charge is 0.322 e. The van der Waals surface area contributed by atoms with Crippen molar-refractivity contribution in [1.82, 2.24) is 25.9 Å². The van der Waals surface area contributed by atoms with Crippen molar-refractivity contribution in [2.75, 3.05) is 10.2 Å². The third-order valence-electron chi connectivity index (χ3n) is 6.91. The molecule has 0 aliphatic heterocycles. The second kappa shape index (κ2) is 12.7. The van der Waals surface area contributed by atoms with Gasteiger partial charge in [0.05, 0.1) is 18.3 Å². The van der Waals surface area contributed by atoms with Gasteiger partial charge in [0.1, 0.15) is 0 Å². The van der Waals surface area contributed by atoms with E-state index in [-0.39, 0.29) is 23.9 Å². The molecule has 1 aromatic heterocycles. The molecule has 3 amide bonds. The zero-order valence-corrected chi connectivity index (χ0v) is 23.7. The first kappa shape index (κ1) is 27.3. The highest BCUT2D eigenvalue weighted by Gasteiger charge is 2.23. The molecule has 3 aromatic carbocycles. The molecule has 9 nitrogen and oxygen atoms in total. The summed E-state index contributed by atoms with van der Waals surface area (Å²) in [5.74, 6) is -0.245. The number of halogens is 1. The number of tetrazole rings is 1. The Labute approximate surface area is 241 Å². The van der Waals surface area contributed by atoms with E-state index in [0.29, 0.717) is 12.1 Å². The molecule has 0 bridgehead atoms. The number of aromatic nitrogens is 4. The molecule has 0 saturated carbocycles. The number of carbonyl (C=O) groups excluding carboxylic acids is 2. The van der Waals surface area contributed by atoms with Crippen molar-refractivity contribution in [3.63, 3.8) is 0 Å². The molecule has 10 heteroatoms. The van der Waals surface area contributed by atoms with Gasteiger partial charge in [-0.2, -0.15) is 5.21 Å². The monoisotopic (exact) mass is 599 g/mol. The normalized spacial score (nSPS) is 13.7. The van der Waals surface area contributed by atoms with Gasteiger partial charge in [-0.05, 0) is 84.9 Å². The number of benzene rings is 3. The van der Waals surface area contributed by atoms with E-state index in [4.69, 9.17) is 0 Å². The Bertz CT molecular complexity index is 1490. The quantitative estimate of drug-likeness (QED) is 0.210. The van der Waals surface area contributed by atoms with Crippen LogP contribution in [0.1, 0.15) is 65.7 Å². The molecule has 0 fully saturated rings. The number of carbonyl (C=O) groups is 2. The Kier molecular flexibility index (Phi) is 8.65. The topological polar surface area (TPSA) is 116 Å². The summed E-state index contributed by atoms with van der Waals surface area (Å²) >= 11 is 3.47. The lowest BCUT2D eigenvalue weighted by Gasteiger charge is -2.29. The van der Waals surface area contributed by atoms with Crippen molar-refractivity contribution in [3.8, 4) is 0 Å². The van der Waals surface area contributed by atoms with E-state index in [1.807, 2.05) is 61.5 Å². The number of urea groups is 1. The van der Waals surface area contributed by atoms with Crippen LogP contribution in [0.15, 0.2) is 83.3 Å². The SMILES string of the molecule is C[C@@H](NC(=O)N(Cc1ccc(C(=O)Nc2nn[nH]n2)cc1)c1ccccc1C1=CCCCC1)c1ccc(Br)cc1. The zero-order chi connectivity index (χ0) is 27.9. The minimum absolute atomic E-state index is 0.102. The molecular weight excluding hydrogens is 570 g/mol. The minimum Gasteiger partial charge on any atom is -0.331 e. The minimum atomic E-state index is -0.347. The summed E-state index contributed by atoms with van der Waals surface area (Å²) < 4.78 is 0.987. The largest absolute Gasteiger partial charge is 0.331 e. The summed E-state index contributed by atoms with van der Waals surface area (Å²) in [6.45, 7) is 2.31. The van der Waals surface area contributed by atoms with Gasteiger partial charge in [-0.3, -0.25) is 15.0 Å². The van der Waals surface area contributed by atoms with Gasteiger partial charge in [0.15, 0.2) is 0 Å². The number of hydrogen-bond acceptors (Lipinski definition) is 5. The number of hydrogen-bond donors (Lipinski definition) is 3. The number of anilines is 2. The van der Waals surface area contributed by atoms with Crippen LogP contribution in [0.2, 0.25) is 0 Å². The van der Waals surface area contributed by atoms with Crippen molar-refractivity contribution < 1.29 is 9.59 Å². The molecule has 204 valence electrons. The van der Waals surface area contributed by atoms with Gasteiger partial charge in [0, 0.05) is 15.6 Å². The molecule has 0 unspecified atom stereocenters. The maximum absolute atomic E-state index is 13.9. The van der Waals surface area contributed by atoms with Gasteiger partial charge in [-0.1, -0.05) is 69.6 Å². The Balaban J connectivity index is 1.41. The van der Waals surface area contributed by atoms with Crippen LogP contribution >= 0.6 is 15.9 Å². The lowest BCUT2D eigenvalue weighted by molar-refractivity contribution is 0.102. The van der Waals surface area contributed by atoms with Crippen LogP contribution in [-0.4, -0.2) is 32.6 Å². The van der Waals surface area contributed by atoms with E-state index in [1.54, 1.807) is 17.0 Å². The summed E-state index contributed by atoms with van der Waals surface area (Å²) in [4.78, 5) is 28.2. The average molecular weight is 601 g/mol. The summed E-state index contributed by atoms with van der Waals surface area (Å²) in [5.41, 5.74) is 5.54. The van der Waals surface area contributed by atoms with E-state index in [9.17, 15) is 9.59 Å². The summed E-state index contributed by atoms with van der Waals surface area (Å²) in [5, 5.41) is 19.0. The van der Waals surface area contributed by atoms with Crippen molar-refractivity contribution in [3.05, 3.63) is 106 Å². The van der Waals surface area contributed by atoms with Gasteiger partial charge in [0.25, 0.3) is 11.9 Å². The molecule has 0 saturated heterocycles. The van der Waals surface area contributed by atoms with E-state index < -0.39 is 0 Å². The molecule has 0 spiro atoms. The number of para-hydroxylation sites is 1. The molecule has 5 rings (SSSR count). The van der Waals surface area contributed by atoms with Crippen molar-refractivity contribution in [2.45, 2.75) is 45.2 Å². The zero-order valence-electron chi connectivity index (χ0n) is 22.1. The summed E-state index contributed by atoms with van der Waals surface area (Å²) in [6, 6.07) is 22.8. The van der Waals surface area contributed by atoms with Gasteiger partial charge in [-0.25, -0.2) is 4.79 Å². The number of allylic oxidation sites excluding steroid dienone is 2. The maximum atomic E-state index is 13.9. The summed E-state index contributed by atoms with van der Waals surface area (Å²) in [6.07, 6.45) is 6.66. The molecule has 1 aliphatic carbocycles. The molecule has 40 heavy (non-hydrogen) atoms.